The Bertz CT molecular complexity index is 517. The van der Waals surface area contributed by atoms with Crippen molar-refractivity contribution in [3.05, 3.63) is 29.8 Å². The first-order valence-corrected chi connectivity index (χ1v) is 8.27. The molecular formula is C14H22N2O2S. The lowest BCUT2D eigenvalue weighted by atomic mass is 9.83. The van der Waals surface area contributed by atoms with Gasteiger partial charge in [-0.15, -0.1) is 0 Å². The third-order valence-corrected chi connectivity index (χ3v) is 5.48. The number of hydrogen-bond donors (Lipinski definition) is 2. The summed E-state index contributed by atoms with van der Waals surface area (Å²) in [5.74, 6) is 0. The molecule has 106 valence electrons. The standard InChI is InChI=1S/C14H22N2O2S/c1-12-5-7-13(8-6-12)19(17,18)16-14(11-15)9-3-2-4-10-14/h5-8,16H,2-4,9-11,15H2,1H3. The summed E-state index contributed by atoms with van der Waals surface area (Å²) in [6.07, 6.45) is 4.89. The highest BCUT2D eigenvalue weighted by molar-refractivity contribution is 7.89. The maximum absolute atomic E-state index is 12.4. The van der Waals surface area contributed by atoms with Crippen LogP contribution in [-0.4, -0.2) is 20.5 Å². The van der Waals surface area contributed by atoms with Crippen LogP contribution in [0.15, 0.2) is 29.2 Å². The highest BCUT2D eigenvalue weighted by Crippen LogP contribution is 2.29. The molecule has 0 amide bonds. The van der Waals surface area contributed by atoms with Gasteiger partial charge in [0.1, 0.15) is 0 Å². The van der Waals surface area contributed by atoms with Crippen LogP contribution in [0.2, 0.25) is 0 Å². The van der Waals surface area contributed by atoms with Crippen LogP contribution in [0.25, 0.3) is 0 Å². The van der Waals surface area contributed by atoms with E-state index in [4.69, 9.17) is 5.73 Å². The van der Waals surface area contributed by atoms with Gasteiger partial charge in [-0.2, -0.15) is 0 Å². The average molecular weight is 282 g/mol. The van der Waals surface area contributed by atoms with Crippen molar-refractivity contribution in [3.63, 3.8) is 0 Å². The van der Waals surface area contributed by atoms with Gasteiger partial charge in [-0.3, -0.25) is 0 Å². The van der Waals surface area contributed by atoms with Gasteiger partial charge in [-0.05, 0) is 31.9 Å². The lowest BCUT2D eigenvalue weighted by molar-refractivity contribution is 0.276. The van der Waals surface area contributed by atoms with Gasteiger partial charge >= 0.3 is 0 Å². The first kappa shape index (κ1) is 14.5. The van der Waals surface area contributed by atoms with Crippen molar-refractivity contribution in [3.8, 4) is 0 Å². The number of nitrogens with two attached hydrogens (primary N) is 1. The molecule has 19 heavy (non-hydrogen) atoms. The van der Waals surface area contributed by atoms with Crippen LogP contribution in [0.5, 0.6) is 0 Å². The van der Waals surface area contributed by atoms with Crippen molar-refractivity contribution in [2.75, 3.05) is 6.54 Å². The fourth-order valence-electron chi connectivity index (χ4n) is 2.64. The van der Waals surface area contributed by atoms with E-state index in [0.29, 0.717) is 11.4 Å². The maximum Gasteiger partial charge on any atom is 0.241 e. The zero-order valence-electron chi connectivity index (χ0n) is 11.4. The number of hydrogen-bond acceptors (Lipinski definition) is 3. The van der Waals surface area contributed by atoms with E-state index in [0.717, 1.165) is 37.7 Å². The van der Waals surface area contributed by atoms with E-state index in [9.17, 15) is 8.42 Å². The Morgan fingerprint density at radius 2 is 1.74 bits per heavy atom. The first-order chi connectivity index (χ1) is 8.97. The van der Waals surface area contributed by atoms with Crippen molar-refractivity contribution in [1.29, 1.82) is 0 Å². The topological polar surface area (TPSA) is 72.2 Å². The minimum absolute atomic E-state index is 0.316. The molecule has 1 aromatic rings. The molecule has 0 bridgehead atoms. The van der Waals surface area contributed by atoms with E-state index in [-0.39, 0.29) is 0 Å². The van der Waals surface area contributed by atoms with Crippen molar-refractivity contribution >= 4 is 10.0 Å². The monoisotopic (exact) mass is 282 g/mol. The van der Waals surface area contributed by atoms with Crippen molar-refractivity contribution < 1.29 is 8.42 Å². The molecular weight excluding hydrogens is 260 g/mol. The average Bonchev–Trinajstić information content (AvgIpc) is 2.40. The van der Waals surface area contributed by atoms with Crippen LogP contribution in [0.1, 0.15) is 37.7 Å². The summed E-state index contributed by atoms with van der Waals surface area (Å²) >= 11 is 0. The van der Waals surface area contributed by atoms with Gasteiger partial charge in [0.15, 0.2) is 0 Å². The predicted octanol–water partition coefficient (Wildman–Crippen LogP) is 1.93. The smallest absolute Gasteiger partial charge is 0.241 e. The Hall–Kier alpha value is -0.910. The molecule has 0 aliphatic heterocycles. The first-order valence-electron chi connectivity index (χ1n) is 6.78. The molecule has 1 aromatic carbocycles. The van der Waals surface area contributed by atoms with Crippen LogP contribution < -0.4 is 10.5 Å². The quantitative estimate of drug-likeness (QED) is 0.886. The normalized spacial score (nSPS) is 19.3. The lowest BCUT2D eigenvalue weighted by Crippen LogP contribution is -2.54. The molecule has 4 nitrogen and oxygen atoms in total. The molecule has 3 N–H and O–H groups in total. The van der Waals surface area contributed by atoms with E-state index in [1.165, 1.54) is 0 Å². The largest absolute Gasteiger partial charge is 0.329 e. The Morgan fingerprint density at radius 1 is 1.16 bits per heavy atom. The SMILES string of the molecule is Cc1ccc(S(=O)(=O)NC2(CN)CCCCC2)cc1. The van der Waals surface area contributed by atoms with Gasteiger partial charge in [0.2, 0.25) is 10.0 Å². The summed E-state index contributed by atoms with van der Waals surface area (Å²) in [5, 5.41) is 0. The predicted molar refractivity (Wildman–Crippen MR) is 76.4 cm³/mol. The Labute approximate surface area is 115 Å². The second-order valence-electron chi connectivity index (χ2n) is 5.46. The molecule has 0 spiro atoms. The van der Waals surface area contributed by atoms with Crippen molar-refractivity contribution in [2.24, 2.45) is 5.73 Å². The number of aryl methyl sites for hydroxylation is 1. The molecule has 0 radical (unpaired) electrons. The third-order valence-electron chi connectivity index (χ3n) is 3.88. The molecule has 0 atom stereocenters. The van der Waals surface area contributed by atoms with E-state index in [2.05, 4.69) is 4.72 Å². The summed E-state index contributed by atoms with van der Waals surface area (Å²) < 4.78 is 27.7. The Balaban J connectivity index is 2.22. The molecule has 1 fully saturated rings. The van der Waals surface area contributed by atoms with Gasteiger partial charge < -0.3 is 5.73 Å². The fourth-order valence-corrected chi connectivity index (χ4v) is 4.11. The zero-order chi connectivity index (χ0) is 13.9. The number of nitrogens with one attached hydrogen (secondary N) is 1. The molecule has 0 unspecified atom stereocenters. The maximum atomic E-state index is 12.4. The molecule has 5 heteroatoms. The summed E-state index contributed by atoms with van der Waals surface area (Å²) in [7, 11) is -3.48. The summed E-state index contributed by atoms with van der Waals surface area (Å²) in [6, 6.07) is 6.91. The second-order valence-corrected chi connectivity index (χ2v) is 7.15. The number of benzene rings is 1. The molecule has 1 saturated carbocycles. The Kier molecular flexibility index (Phi) is 4.28. The summed E-state index contributed by atoms with van der Waals surface area (Å²) in [5.41, 5.74) is 6.41. The number of sulfonamides is 1. The van der Waals surface area contributed by atoms with E-state index >= 15 is 0 Å². The van der Waals surface area contributed by atoms with Crippen LogP contribution in [0, 0.1) is 6.92 Å². The highest BCUT2D eigenvalue weighted by Gasteiger charge is 2.35. The van der Waals surface area contributed by atoms with Crippen LogP contribution in [0.4, 0.5) is 0 Å². The van der Waals surface area contributed by atoms with E-state index in [1.54, 1.807) is 12.1 Å². The fraction of sp³-hybridized carbons (Fsp3) is 0.571. The van der Waals surface area contributed by atoms with Gasteiger partial charge in [0.25, 0.3) is 0 Å². The molecule has 0 heterocycles. The molecule has 0 saturated heterocycles. The van der Waals surface area contributed by atoms with Gasteiger partial charge in [-0.1, -0.05) is 37.0 Å². The van der Waals surface area contributed by atoms with Crippen LogP contribution >= 0.6 is 0 Å². The van der Waals surface area contributed by atoms with E-state index in [1.807, 2.05) is 19.1 Å². The lowest BCUT2D eigenvalue weighted by Gasteiger charge is -2.36. The van der Waals surface area contributed by atoms with E-state index < -0.39 is 15.6 Å². The zero-order valence-corrected chi connectivity index (χ0v) is 12.2. The third kappa shape index (κ3) is 3.35. The Morgan fingerprint density at radius 3 is 2.26 bits per heavy atom. The molecule has 2 rings (SSSR count). The van der Waals surface area contributed by atoms with Crippen molar-refractivity contribution in [2.45, 2.75) is 49.5 Å². The molecule has 0 aromatic heterocycles. The molecule has 1 aliphatic rings. The number of rotatable bonds is 4. The van der Waals surface area contributed by atoms with Crippen LogP contribution in [-0.2, 0) is 10.0 Å². The van der Waals surface area contributed by atoms with Gasteiger partial charge in [0, 0.05) is 12.1 Å². The minimum Gasteiger partial charge on any atom is -0.329 e. The van der Waals surface area contributed by atoms with Gasteiger partial charge in [0.05, 0.1) is 4.90 Å². The highest BCUT2D eigenvalue weighted by atomic mass is 32.2. The molecule has 1 aliphatic carbocycles. The summed E-state index contributed by atoms with van der Waals surface area (Å²) in [4.78, 5) is 0.316. The van der Waals surface area contributed by atoms with Crippen LogP contribution in [0.3, 0.4) is 0 Å². The van der Waals surface area contributed by atoms with Crippen molar-refractivity contribution in [1.82, 2.24) is 4.72 Å². The second kappa shape index (κ2) is 5.61. The van der Waals surface area contributed by atoms with Gasteiger partial charge in [-0.25, -0.2) is 13.1 Å². The summed E-state index contributed by atoms with van der Waals surface area (Å²) in [6.45, 7) is 2.30. The minimum atomic E-state index is -3.48.